The summed E-state index contributed by atoms with van der Waals surface area (Å²) in [5, 5.41) is 20.6. The first kappa shape index (κ1) is 20.1. The van der Waals surface area contributed by atoms with Crippen LogP contribution in [-0.4, -0.2) is 34.0 Å². The number of ether oxygens (including phenoxy) is 1. The Labute approximate surface area is 180 Å². The molecule has 3 aromatic rings. The zero-order chi connectivity index (χ0) is 21.7. The number of aromatic nitrogens is 1. The molecule has 1 aromatic heterocycles. The van der Waals surface area contributed by atoms with E-state index < -0.39 is 5.97 Å². The van der Waals surface area contributed by atoms with Crippen LogP contribution in [0.3, 0.4) is 0 Å². The lowest BCUT2D eigenvalue weighted by molar-refractivity contribution is -0.145. The Morgan fingerprint density at radius 2 is 1.84 bits per heavy atom. The van der Waals surface area contributed by atoms with Crippen molar-refractivity contribution < 1.29 is 24.1 Å². The topological polar surface area (TPSA) is 71.7 Å². The van der Waals surface area contributed by atoms with Crippen molar-refractivity contribution in [3.63, 3.8) is 0 Å². The largest absolute Gasteiger partial charge is 0.508 e. The van der Waals surface area contributed by atoms with Crippen LogP contribution in [0.15, 0.2) is 36.4 Å². The Kier molecular flexibility index (Phi) is 4.97. The van der Waals surface area contributed by atoms with Crippen molar-refractivity contribution in [2.75, 3.05) is 13.2 Å². The normalized spacial score (nSPS) is 21.9. The first-order chi connectivity index (χ1) is 14.9. The summed E-state index contributed by atoms with van der Waals surface area (Å²) in [6.07, 6.45) is 2.96. The molecule has 1 saturated carbocycles. The standard InChI is InChI=1S/C25H26FNO4/c1-14-10-18(2-4-21(14)26)27-22-5-3-19(28)13-20(22)23(16-11-17(12-16)25(29)30)24(27)15-6-8-31-9-7-15/h2-5,10,13,15-17,28H,6-9,11-12H2,1H3,(H,29,30)/t16-,17-. The van der Waals surface area contributed by atoms with E-state index in [0.717, 1.165) is 40.7 Å². The number of aryl methyl sites for hydroxylation is 1. The molecular formula is C25H26FNO4. The molecule has 0 bridgehead atoms. The van der Waals surface area contributed by atoms with Crippen molar-refractivity contribution in [2.45, 2.75) is 44.4 Å². The van der Waals surface area contributed by atoms with Gasteiger partial charge in [0.15, 0.2) is 0 Å². The Bertz CT molecular complexity index is 1160. The molecule has 5 rings (SSSR count). The summed E-state index contributed by atoms with van der Waals surface area (Å²) in [5.41, 5.74) is 4.71. The molecule has 2 N–H and O–H groups in total. The molecular weight excluding hydrogens is 397 g/mol. The zero-order valence-corrected chi connectivity index (χ0v) is 17.5. The number of rotatable bonds is 4. The fourth-order valence-electron chi connectivity index (χ4n) is 5.23. The predicted octanol–water partition coefficient (Wildman–Crippen LogP) is 5.26. The predicted molar refractivity (Wildman–Crippen MR) is 116 cm³/mol. The number of fused-ring (bicyclic) bond motifs is 1. The Hall–Kier alpha value is -2.86. The van der Waals surface area contributed by atoms with Gasteiger partial charge in [-0.15, -0.1) is 0 Å². The Morgan fingerprint density at radius 3 is 2.52 bits per heavy atom. The lowest BCUT2D eigenvalue weighted by atomic mass is 9.69. The van der Waals surface area contributed by atoms with E-state index in [2.05, 4.69) is 4.57 Å². The third-order valence-electron chi connectivity index (χ3n) is 6.93. The summed E-state index contributed by atoms with van der Waals surface area (Å²) in [7, 11) is 0. The molecule has 162 valence electrons. The van der Waals surface area contributed by atoms with E-state index in [1.807, 2.05) is 12.1 Å². The number of aliphatic carboxylic acids is 1. The highest BCUT2D eigenvalue weighted by Crippen LogP contribution is 2.50. The molecule has 2 aromatic carbocycles. The molecule has 0 amide bonds. The monoisotopic (exact) mass is 423 g/mol. The van der Waals surface area contributed by atoms with Crippen molar-refractivity contribution in [3.05, 3.63) is 59.0 Å². The number of phenolic OH excluding ortho intramolecular Hbond substituents is 1. The second kappa shape index (κ2) is 7.68. The molecule has 0 radical (unpaired) electrons. The number of carboxylic acid groups (broad SMARTS) is 1. The number of hydrogen-bond acceptors (Lipinski definition) is 3. The summed E-state index contributed by atoms with van der Waals surface area (Å²) in [6.45, 7) is 3.12. The van der Waals surface area contributed by atoms with Gasteiger partial charge < -0.3 is 19.5 Å². The number of halogens is 1. The zero-order valence-electron chi connectivity index (χ0n) is 17.5. The van der Waals surface area contributed by atoms with Gasteiger partial charge in [0, 0.05) is 35.9 Å². The quantitative estimate of drug-likeness (QED) is 0.601. The van der Waals surface area contributed by atoms with Crippen molar-refractivity contribution in [1.29, 1.82) is 0 Å². The summed E-state index contributed by atoms with van der Waals surface area (Å²) in [5.74, 6) is -0.734. The summed E-state index contributed by atoms with van der Waals surface area (Å²) in [4.78, 5) is 11.5. The smallest absolute Gasteiger partial charge is 0.306 e. The highest BCUT2D eigenvalue weighted by molar-refractivity contribution is 5.90. The van der Waals surface area contributed by atoms with Crippen molar-refractivity contribution in [1.82, 2.24) is 4.57 Å². The molecule has 0 spiro atoms. The lowest BCUT2D eigenvalue weighted by Crippen LogP contribution is -2.30. The highest BCUT2D eigenvalue weighted by Gasteiger charge is 2.40. The molecule has 1 saturated heterocycles. The number of carbonyl (C=O) groups is 1. The van der Waals surface area contributed by atoms with Crippen molar-refractivity contribution in [2.24, 2.45) is 5.92 Å². The molecule has 1 aliphatic heterocycles. The van der Waals surface area contributed by atoms with Crippen LogP contribution >= 0.6 is 0 Å². The van der Waals surface area contributed by atoms with E-state index in [-0.39, 0.29) is 29.3 Å². The maximum absolute atomic E-state index is 14.0. The van der Waals surface area contributed by atoms with Gasteiger partial charge in [0.2, 0.25) is 0 Å². The summed E-state index contributed by atoms with van der Waals surface area (Å²) in [6, 6.07) is 10.5. The Morgan fingerprint density at radius 1 is 1.10 bits per heavy atom. The van der Waals surface area contributed by atoms with Crippen LogP contribution in [0.1, 0.15) is 54.3 Å². The Balaban J connectivity index is 1.76. The molecule has 6 heteroatoms. The van der Waals surface area contributed by atoms with Gasteiger partial charge in [-0.25, -0.2) is 4.39 Å². The number of aromatic hydroxyl groups is 1. The van der Waals surface area contributed by atoms with E-state index in [1.165, 1.54) is 6.07 Å². The first-order valence-electron chi connectivity index (χ1n) is 10.9. The third-order valence-corrected chi connectivity index (χ3v) is 6.93. The van der Waals surface area contributed by atoms with Crippen LogP contribution in [0.4, 0.5) is 4.39 Å². The minimum atomic E-state index is -0.746. The molecule has 2 aliphatic rings. The van der Waals surface area contributed by atoms with Crippen molar-refractivity contribution in [3.8, 4) is 11.4 Å². The number of nitrogens with zero attached hydrogens (tertiary/aromatic N) is 1. The SMILES string of the molecule is Cc1cc(-n2c(C3CCOCC3)c([C@H]3C[C@H](C(=O)O)C3)c3cc(O)ccc32)ccc1F. The maximum atomic E-state index is 14.0. The average Bonchev–Trinajstić information content (AvgIpc) is 3.03. The summed E-state index contributed by atoms with van der Waals surface area (Å²) >= 11 is 0. The van der Waals surface area contributed by atoms with Gasteiger partial charge in [-0.05, 0) is 86.1 Å². The van der Waals surface area contributed by atoms with E-state index in [9.17, 15) is 19.4 Å². The third kappa shape index (κ3) is 3.39. The van der Waals surface area contributed by atoms with Gasteiger partial charge in [-0.2, -0.15) is 0 Å². The molecule has 0 atom stereocenters. The number of benzene rings is 2. The van der Waals surface area contributed by atoms with Gasteiger partial charge in [-0.3, -0.25) is 4.79 Å². The first-order valence-corrected chi connectivity index (χ1v) is 10.9. The average molecular weight is 423 g/mol. The van der Waals surface area contributed by atoms with Crippen LogP contribution in [0, 0.1) is 18.7 Å². The second-order valence-corrected chi connectivity index (χ2v) is 8.86. The second-order valence-electron chi connectivity index (χ2n) is 8.86. The van der Waals surface area contributed by atoms with Crippen LogP contribution in [0.25, 0.3) is 16.6 Å². The van der Waals surface area contributed by atoms with Crippen molar-refractivity contribution >= 4 is 16.9 Å². The van der Waals surface area contributed by atoms with E-state index >= 15 is 0 Å². The maximum Gasteiger partial charge on any atom is 0.306 e. The van der Waals surface area contributed by atoms with E-state index in [0.29, 0.717) is 31.6 Å². The molecule has 1 aliphatic carbocycles. The highest BCUT2D eigenvalue weighted by atomic mass is 19.1. The molecule has 5 nitrogen and oxygen atoms in total. The van der Waals surface area contributed by atoms with Crippen LogP contribution < -0.4 is 0 Å². The molecule has 31 heavy (non-hydrogen) atoms. The van der Waals surface area contributed by atoms with Gasteiger partial charge >= 0.3 is 5.97 Å². The van der Waals surface area contributed by atoms with Gasteiger partial charge in [0.1, 0.15) is 11.6 Å². The van der Waals surface area contributed by atoms with Crippen LogP contribution in [0.5, 0.6) is 5.75 Å². The fourth-order valence-corrected chi connectivity index (χ4v) is 5.23. The minimum absolute atomic E-state index is 0.131. The van der Waals surface area contributed by atoms with Crippen LogP contribution in [0.2, 0.25) is 0 Å². The molecule has 2 heterocycles. The lowest BCUT2D eigenvalue weighted by Gasteiger charge is -2.35. The number of hydrogen-bond donors (Lipinski definition) is 2. The molecule has 2 fully saturated rings. The number of phenols is 1. The fraction of sp³-hybridized carbons (Fsp3) is 0.400. The van der Waals surface area contributed by atoms with Gasteiger partial charge in [-0.1, -0.05) is 0 Å². The molecule has 0 unspecified atom stereocenters. The number of carboxylic acids is 1. The summed E-state index contributed by atoms with van der Waals surface area (Å²) < 4.78 is 21.8. The van der Waals surface area contributed by atoms with Gasteiger partial charge in [0.25, 0.3) is 0 Å². The van der Waals surface area contributed by atoms with Gasteiger partial charge in [0.05, 0.1) is 11.4 Å². The van der Waals surface area contributed by atoms with E-state index in [1.54, 1.807) is 25.1 Å². The van der Waals surface area contributed by atoms with E-state index in [4.69, 9.17) is 4.74 Å². The minimum Gasteiger partial charge on any atom is -0.508 e. The van der Waals surface area contributed by atoms with Crippen LogP contribution in [-0.2, 0) is 9.53 Å².